The Balaban J connectivity index is 2.00. The molecule has 2 aromatic carbocycles. The number of rotatable bonds is 4. The SMILES string of the molecule is CC(=O)c1ccc(Nc2ccc3nc(C)sc3c2)c([N+](=O)[O-])c1. The third-order valence-corrected chi connectivity index (χ3v) is 4.31. The van der Waals surface area contributed by atoms with Crippen molar-refractivity contribution < 1.29 is 9.72 Å². The standard InChI is InChI=1S/C16H13N3O3S/c1-9(20)11-3-5-13(15(7-11)19(21)22)18-12-4-6-14-16(8-12)23-10(2)17-14/h3-8,18H,1-2H3. The summed E-state index contributed by atoms with van der Waals surface area (Å²) in [7, 11) is 0. The monoisotopic (exact) mass is 327 g/mol. The maximum atomic E-state index is 11.4. The van der Waals surface area contributed by atoms with E-state index in [1.54, 1.807) is 23.5 Å². The van der Waals surface area contributed by atoms with Gasteiger partial charge in [0.2, 0.25) is 0 Å². The van der Waals surface area contributed by atoms with Gasteiger partial charge in [-0.2, -0.15) is 0 Å². The molecule has 3 aromatic rings. The van der Waals surface area contributed by atoms with Gasteiger partial charge in [0.1, 0.15) is 5.69 Å². The highest BCUT2D eigenvalue weighted by molar-refractivity contribution is 7.18. The lowest BCUT2D eigenvalue weighted by Gasteiger charge is -2.08. The van der Waals surface area contributed by atoms with E-state index in [1.807, 2.05) is 25.1 Å². The number of hydrogen-bond acceptors (Lipinski definition) is 6. The molecule has 0 aliphatic heterocycles. The molecule has 116 valence electrons. The Hall–Kier alpha value is -2.80. The highest BCUT2D eigenvalue weighted by Crippen LogP contribution is 2.31. The average Bonchev–Trinajstić information content (AvgIpc) is 2.86. The number of fused-ring (bicyclic) bond motifs is 1. The van der Waals surface area contributed by atoms with Crippen molar-refractivity contribution in [3.63, 3.8) is 0 Å². The van der Waals surface area contributed by atoms with Crippen LogP contribution in [0.2, 0.25) is 0 Å². The molecule has 0 aliphatic rings. The summed E-state index contributed by atoms with van der Waals surface area (Å²) in [5.74, 6) is -0.207. The van der Waals surface area contributed by atoms with Gasteiger partial charge in [0.15, 0.2) is 5.78 Å². The Morgan fingerprint density at radius 1 is 1.26 bits per heavy atom. The fourth-order valence-electron chi connectivity index (χ4n) is 2.28. The van der Waals surface area contributed by atoms with Gasteiger partial charge in [-0.25, -0.2) is 4.98 Å². The van der Waals surface area contributed by atoms with Gasteiger partial charge >= 0.3 is 0 Å². The molecular formula is C16H13N3O3S. The lowest BCUT2D eigenvalue weighted by molar-refractivity contribution is -0.383. The van der Waals surface area contributed by atoms with Gasteiger partial charge < -0.3 is 5.32 Å². The zero-order valence-corrected chi connectivity index (χ0v) is 13.3. The molecular weight excluding hydrogens is 314 g/mol. The predicted octanol–water partition coefficient (Wildman–Crippen LogP) is 4.46. The summed E-state index contributed by atoms with van der Waals surface area (Å²) >= 11 is 1.56. The van der Waals surface area contributed by atoms with Crippen LogP contribution in [0.4, 0.5) is 17.1 Å². The zero-order chi connectivity index (χ0) is 16.6. The number of aryl methyl sites for hydroxylation is 1. The van der Waals surface area contributed by atoms with Crippen molar-refractivity contribution in [2.45, 2.75) is 13.8 Å². The molecule has 0 aliphatic carbocycles. The van der Waals surface area contributed by atoms with E-state index >= 15 is 0 Å². The average molecular weight is 327 g/mol. The van der Waals surface area contributed by atoms with E-state index in [0.29, 0.717) is 11.3 Å². The third-order valence-electron chi connectivity index (χ3n) is 3.38. The first-order valence-electron chi connectivity index (χ1n) is 6.87. The Labute approximate surface area is 135 Å². The fraction of sp³-hybridized carbons (Fsp3) is 0.125. The molecule has 0 unspecified atom stereocenters. The number of anilines is 2. The minimum absolute atomic E-state index is 0.127. The first-order valence-corrected chi connectivity index (χ1v) is 7.69. The van der Waals surface area contributed by atoms with E-state index in [4.69, 9.17) is 0 Å². The van der Waals surface area contributed by atoms with Gasteiger partial charge in [0.25, 0.3) is 5.69 Å². The summed E-state index contributed by atoms with van der Waals surface area (Å²) in [5, 5.41) is 15.3. The molecule has 0 radical (unpaired) electrons. The van der Waals surface area contributed by atoms with Crippen LogP contribution in [0.3, 0.4) is 0 Å². The van der Waals surface area contributed by atoms with Crippen LogP contribution in [0.1, 0.15) is 22.3 Å². The van der Waals surface area contributed by atoms with Crippen LogP contribution in [0, 0.1) is 17.0 Å². The van der Waals surface area contributed by atoms with E-state index in [9.17, 15) is 14.9 Å². The number of nitro benzene ring substituents is 1. The predicted molar refractivity (Wildman–Crippen MR) is 90.7 cm³/mol. The number of aromatic nitrogens is 1. The number of nitrogens with one attached hydrogen (secondary N) is 1. The van der Waals surface area contributed by atoms with E-state index in [0.717, 1.165) is 20.9 Å². The van der Waals surface area contributed by atoms with Crippen LogP contribution in [-0.4, -0.2) is 15.7 Å². The molecule has 0 atom stereocenters. The van der Waals surface area contributed by atoms with E-state index < -0.39 is 4.92 Å². The normalized spacial score (nSPS) is 10.7. The largest absolute Gasteiger partial charge is 0.350 e. The van der Waals surface area contributed by atoms with Gasteiger partial charge in [-0.15, -0.1) is 11.3 Å². The topological polar surface area (TPSA) is 85.1 Å². The number of hydrogen-bond donors (Lipinski definition) is 1. The molecule has 1 heterocycles. The summed E-state index contributed by atoms with van der Waals surface area (Å²) in [6.45, 7) is 3.31. The number of benzene rings is 2. The lowest BCUT2D eigenvalue weighted by Crippen LogP contribution is -2.00. The highest BCUT2D eigenvalue weighted by Gasteiger charge is 2.16. The second-order valence-corrected chi connectivity index (χ2v) is 6.32. The van der Waals surface area contributed by atoms with Gasteiger partial charge in [0.05, 0.1) is 20.1 Å². The second-order valence-electron chi connectivity index (χ2n) is 5.09. The molecule has 6 nitrogen and oxygen atoms in total. The molecule has 7 heteroatoms. The van der Waals surface area contributed by atoms with Gasteiger partial charge in [0, 0.05) is 17.3 Å². The number of nitro groups is 1. The molecule has 0 fully saturated rings. The van der Waals surface area contributed by atoms with E-state index in [2.05, 4.69) is 10.3 Å². The van der Waals surface area contributed by atoms with Crippen LogP contribution in [0.15, 0.2) is 36.4 Å². The number of carbonyl (C=O) groups is 1. The molecule has 0 saturated carbocycles. The van der Waals surface area contributed by atoms with Crippen molar-refractivity contribution in [3.05, 3.63) is 57.1 Å². The minimum Gasteiger partial charge on any atom is -0.350 e. The molecule has 0 saturated heterocycles. The summed E-state index contributed by atoms with van der Waals surface area (Å²) in [6, 6.07) is 10.0. The Morgan fingerprint density at radius 3 is 2.74 bits per heavy atom. The van der Waals surface area contributed by atoms with E-state index in [-0.39, 0.29) is 11.5 Å². The smallest absolute Gasteiger partial charge is 0.293 e. The third kappa shape index (κ3) is 3.04. The Morgan fingerprint density at radius 2 is 2.04 bits per heavy atom. The molecule has 0 bridgehead atoms. The molecule has 1 N–H and O–H groups in total. The molecule has 1 aromatic heterocycles. The number of nitrogens with zero attached hydrogens (tertiary/aromatic N) is 2. The number of carbonyl (C=O) groups excluding carboxylic acids is 1. The first kappa shape index (κ1) is 15.1. The van der Waals surface area contributed by atoms with E-state index in [1.165, 1.54) is 13.0 Å². The van der Waals surface area contributed by atoms with Gasteiger partial charge in [-0.05, 0) is 44.2 Å². The van der Waals surface area contributed by atoms with Crippen LogP contribution >= 0.6 is 11.3 Å². The van der Waals surface area contributed by atoms with Gasteiger partial charge in [-0.3, -0.25) is 14.9 Å². The maximum absolute atomic E-state index is 11.4. The molecule has 23 heavy (non-hydrogen) atoms. The molecule has 3 rings (SSSR count). The summed E-state index contributed by atoms with van der Waals surface area (Å²) in [6.07, 6.45) is 0. The van der Waals surface area contributed by atoms with Crippen molar-refractivity contribution in [1.82, 2.24) is 4.98 Å². The number of ketones is 1. The Bertz CT molecular complexity index is 933. The quantitative estimate of drug-likeness (QED) is 0.434. The van der Waals surface area contributed by atoms with Crippen LogP contribution in [0.5, 0.6) is 0 Å². The summed E-state index contributed by atoms with van der Waals surface area (Å²) < 4.78 is 1.01. The second kappa shape index (κ2) is 5.77. The van der Waals surface area contributed by atoms with Gasteiger partial charge in [-0.1, -0.05) is 0 Å². The maximum Gasteiger partial charge on any atom is 0.293 e. The number of thiazole rings is 1. The van der Waals surface area contributed by atoms with Crippen LogP contribution in [-0.2, 0) is 0 Å². The van der Waals surface area contributed by atoms with Crippen molar-refractivity contribution >= 4 is 44.4 Å². The van der Waals surface area contributed by atoms with Crippen LogP contribution in [0.25, 0.3) is 10.2 Å². The minimum atomic E-state index is -0.496. The van der Waals surface area contributed by atoms with Crippen LogP contribution < -0.4 is 5.32 Å². The van der Waals surface area contributed by atoms with Crippen molar-refractivity contribution in [1.29, 1.82) is 0 Å². The molecule has 0 amide bonds. The highest BCUT2D eigenvalue weighted by atomic mass is 32.1. The molecule has 0 spiro atoms. The fourth-order valence-corrected chi connectivity index (χ4v) is 3.15. The number of Topliss-reactive ketones (excluding diaryl/α,β-unsaturated/α-hetero) is 1. The Kier molecular flexibility index (Phi) is 3.79. The first-order chi connectivity index (χ1) is 10.9. The van der Waals surface area contributed by atoms with Crippen molar-refractivity contribution in [2.75, 3.05) is 5.32 Å². The zero-order valence-electron chi connectivity index (χ0n) is 12.5. The lowest BCUT2D eigenvalue weighted by atomic mass is 10.1. The van der Waals surface area contributed by atoms with Crippen molar-refractivity contribution in [2.24, 2.45) is 0 Å². The summed E-state index contributed by atoms with van der Waals surface area (Å²) in [4.78, 5) is 26.5. The summed E-state index contributed by atoms with van der Waals surface area (Å²) in [5.41, 5.74) is 2.17. The van der Waals surface area contributed by atoms with Crippen molar-refractivity contribution in [3.8, 4) is 0 Å².